The maximum absolute atomic E-state index is 6.15. The number of nitrogens with two attached hydrogens (primary N) is 1. The molecule has 0 radical (unpaired) electrons. The third kappa shape index (κ3) is 1.78. The van der Waals surface area contributed by atoms with E-state index in [0.29, 0.717) is 0 Å². The van der Waals surface area contributed by atoms with E-state index in [1.165, 1.54) is 22.0 Å². The summed E-state index contributed by atoms with van der Waals surface area (Å²) >= 11 is 3.64. The van der Waals surface area contributed by atoms with Gasteiger partial charge in [-0.3, -0.25) is 0 Å². The Morgan fingerprint density at radius 3 is 2.44 bits per heavy atom. The van der Waals surface area contributed by atoms with E-state index in [2.05, 4.69) is 46.9 Å². The summed E-state index contributed by atoms with van der Waals surface area (Å²) in [5.41, 5.74) is 10.5. The highest BCUT2D eigenvalue weighted by molar-refractivity contribution is 9.10. The molecule has 0 spiro atoms. The Morgan fingerprint density at radius 2 is 1.88 bits per heavy atom. The highest BCUT2D eigenvalue weighted by Crippen LogP contribution is 2.34. The number of rotatable bonds is 1. The monoisotopic (exact) mass is 280 g/mol. The lowest BCUT2D eigenvalue weighted by Crippen LogP contribution is -2.29. The van der Waals surface area contributed by atoms with Crippen LogP contribution >= 0.6 is 15.9 Å². The third-order valence-corrected chi connectivity index (χ3v) is 3.65. The van der Waals surface area contributed by atoms with E-state index < -0.39 is 0 Å². The zero-order chi connectivity index (χ0) is 12.1. The molecule has 0 bridgehead atoms. The van der Waals surface area contributed by atoms with E-state index in [4.69, 9.17) is 5.73 Å². The van der Waals surface area contributed by atoms with Crippen LogP contribution in [0.2, 0.25) is 0 Å². The van der Waals surface area contributed by atoms with Gasteiger partial charge < -0.3 is 10.7 Å². The summed E-state index contributed by atoms with van der Waals surface area (Å²) in [7, 11) is 0. The molecule has 0 atom stereocenters. The van der Waals surface area contributed by atoms with Crippen LogP contribution in [0.15, 0.2) is 16.6 Å². The smallest absolute Gasteiger partial charge is 0.0516 e. The molecule has 0 unspecified atom stereocenters. The lowest BCUT2D eigenvalue weighted by molar-refractivity contribution is 0.537. The van der Waals surface area contributed by atoms with E-state index in [1.54, 1.807) is 0 Å². The van der Waals surface area contributed by atoms with Crippen LogP contribution in [0, 0.1) is 13.8 Å². The van der Waals surface area contributed by atoms with Crippen LogP contribution in [-0.2, 0) is 5.54 Å². The van der Waals surface area contributed by atoms with E-state index in [0.717, 1.165) is 10.2 Å². The normalized spacial score (nSPS) is 12.4. The second-order valence-corrected chi connectivity index (χ2v) is 5.83. The molecule has 2 rings (SSSR count). The molecular formula is C13H17BrN2. The van der Waals surface area contributed by atoms with E-state index in [-0.39, 0.29) is 5.54 Å². The van der Waals surface area contributed by atoms with E-state index in [9.17, 15) is 0 Å². The summed E-state index contributed by atoms with van der Waals surface area (Å²) in [4.78, 5) is 3.43. The summed E-state index contributed by atoms with van der Waals surface area (Å²) in [5.74, 6) is 0. The SMILES string of the molecule is Cc1cc(C)c2[nH]c(C(C)(C)N)c(Br)c2c1. The summed E-state index contributed by atoms with van der Waals surface area (Å²) in [6, 6.07) is 4.36. The largest absolute Gasteiger partial charge is 0.356 e. The van der Waals surface area contributed by atoms with Crippen LogP contribution in [0.5, 0.6) is 0 Å². The number of hydrogen-bond donors (Lipinski definition) is 2. The van der Waals surface area contributed by atoms with Gasteiger partial charge in [0.2, 0.25) is 0 Å². The second-order valence-electron chi connectivity index (χ2n) is 5.04. The molecule has 0 saturated carbocycles. The van der Waals surface area contributed by atoms with Crippen LogP contribution in [-0.4, -0.2) is 4.98 Å². The highest BCUT2D eigenvalue weighted by atomic mass is 79.9. The molecule has 1 heterocycles. The molecule has 3 N–H and O–H groups in total. The molecule has 86 valence electrons. The second kappa shape index (κ2) is 3.60. The van der Waals surface area contributed by atoms with Crippen LogP contribution in [0.1, 0.15) is 30.7 Å². The molecule has 2 nitrogen and oxygen atoms in total. The summed E-state index contributed by atoms with van der Waals surface area (Å²) in [5, 5.41) is 1.21. The van der Waals surface area contributed by atoms with Crippen LogP contribution in [0.3, 0.4) is 0 Å². The Kier molecular flexibility index (Phi) is 2.63. The predicted octanol–water partition coefficient (Wildman–Crippen LogP) is 3.74. The highest BCUT2D eigenvalue weighted by Gasteiger charge is 2.22. The van der Waals surface area contributed by atoms with Crippen molar-refractivity contribution < 1.29 is 0 Å². The van der Waals surface area contributed by atoms with E-state index >= 15 is 0 Å². The number of aryl methyl sites for hydroxylation is 2. The van der Waals surface area contributed by atoms with Crippen molar-refractivity contribution in [1.82, 2.24) is 4.98 Å². The molecule has 1 aromatic heterocycles. The summed E-state index contributed by atoms with van der Waals surface area (Å²) < 4.78 is 1.09. The maximum Gasteiger partial charge on any atom is 0.0516 e. The number of aromatic nitrogens is 1. The molecule has 0 saturated heterocycles. The minimum absolute atomic E-state index is 0.363. The Balaban J connectivity index is 2.83. The first-order chi connectivity index (χ1) is 7.30. The third-order valence-electron chi connectivity index (χ3n) is 2.83. The first-order valence-corrected chi connectivity index (χ1v) is 6.18. The lowest BCUT2D eigenvalue weighted by Gasteiger charge is -2.17. The summed E-state index contributed by atoms with van der Waals surface area (Å²) in [6.07, 6.45) is 0. The first-order valence-electron chi connectivity index (χ1n) is 5.38. The summed E-state index contributed by atoms with van der Waals surface area (Å²) in [6.45, 7) is 8.24. The van der Waals surface area contributed by atoms with Gasteiger partial charge in [0, 0.05) is 21.1 Å². The Morgan fingerprint density at radius 1 is 1.25 bits per heavy atom. The fourth-order valence-corrected chi connectivity index (χ4v) is 2.99. The molecule has 16 heavy (non-hydrogen) atoms. The molecule has 0 aliphatic heterocycles. The Bertz CT molecular complexity index is 547. The van der Waals surface area contributed by atoms with Crippen molar-refractivity contribution in [2.45, 2.75) is 33.2 Å². The predicted molar refractivity (Wildman–Crippen MR) is 72.7 cm³/mol. The molecule has 0 fully saturated rings. The maximum atomic E-state index is 6.15. The van der Waals surface area contributed by atoms with Gasteiger partial charge in [-0.15, -0.1) is 0 Å². The van der Waals surface area contributed by atoms with Crippen LogP contribution < -0.4 is 5.73 Å². The zero-order valence-electron chi connectivity index (χ0n) is 10.1. The molecule has 1 aromatic carbocycles. The number of halogens is 1. The minimum atomic E-state index is -0.363. The van der Waals surface area contributed by atoms with Crippen molar-refractivity contribution in [2.75, 3.05) is 0 Å². The molecule has 0 aliphatic rings. The van der Waals surface area contributed by atoms with Gasteiger partial charge >= 0.3 is 0 Å². The minimum Gasteiger partial charge on any atom is -0.356 e. The number of aromatic amines is 1. The van der Waals surface area contributed by atoms with Gasteiger partial charge in [0.1, 0.15) is 0 Å². The number of H-pyrrole nitrogens is 1. The van der Waals surface area contributed by atoms with Gasteiger partial charge in [-0.1, -0.05) is 11.6 Å². The van der Waals surface area contributed by atoms with Crippen LogP contribution in [0.4, 0.5) is 0 Å². The number of hydrogen-bond acceptors (Lipinski definition) is 1. The standard InChI is InChI=1S/C13H17BrN2/c1-7-5-8(2)11-9(6-7)10(14)12(16-11)13(3,4)15/h5-6,16H,15H2,1-4H3. The number of nitrogens with one attached hydrogen (secondary N) is 1. The van der Waals surface area contributed by atoms with Gasteiger partial charge in [-0.25, -0.2) is 0 Å². The van der Waals surface area contributed by atoms with Crippen molar-refractivity contribution in [1.29, 1.82) is 0 Å². The average molecular weight is 281 g/mol. The van der Waals surface area contributed by atoms with Gasteiger partial charge in [-0.2, -0.15) is 0 Å². The fraction of sp³-hybridized carbons (Fsp3) is 0.385. The van der Waals surface area contributed by atoms with Crippen LogP contribution in [0.25, 0.3) is 10.9 Å². The molecule has 2 aromatic rings. The topological polar surface area (TPSA) is 41.8 Å². The van der Waals surface area contributed by atoms with Crippen molar-refractivity contribution in [3.8, 4) is 0 Å². The van der Waals surface area contributed by atoms with Gasteiger partial charge in [0.15, 0.2) is 0 Å². The number of fused-ring (bicyclic) bond motifs is 1. The van der Waals surface area contributed by atoms with Crippen molar-refractivity contribution in [3.63, 3.8) is 0 Å². The molecule has 0 aliphatic carbocycles. The van der Waals surface area contributed by atoms with Crippen molar-refractivity contribution in [2.24, 2.45) is 5.73 Å². The van der Waals surface area contributed by atoms with Gasteiger partial charge in [-0.05, 0) is 55.3 Å². The Labute approximate surface area is 104 Å². The van der Waals surface area contributed by atoms with Gasteiger partial charge in [0.25, 0.3) is 0 Å². The first kappa shape index (κ1) is 11.7. The Hall–Kier alpha value is -0.800. The van der Waals surface area contributed by atoms with Crippen molar-refractivity contribution in [3.05, 3.63) is 33.4 Å². The zero-order valence-corrected chi connectivity index (χ0v) is 11.7. The lowest BCUT2D eigenvalue weighted by atomic mass is 10.0. The number of benzene rings is 1. The van der Waals surface area contributed by atoms with Crippen molar-refractivity contribution >= 4 is 26.8 Å². The van der Waals surface area contributed by atoms with E-state index in [1.807, 2.05) is 13.8 Å². The molecule has 3 heteroatoms. The van der Waals surface area contributed by atoms with Gasteiger partial charge in [0.05, 0.1) is 5.54 Å². The molecule has 0 amide bonds. The molecular weight excluding hydrogens is 264 g/mol. The average Bonchev–Trinajstić information content (AvgIpc) is 2.43. The fourth-order valence-electron chi connectivity index (χ4n) is 2.07. The quantitative estimate of drug-likeness (QED) is 0.821.